The second-order valence-electron chi connectivity index (χ2n) is 12.1. The van der Waals surface area contributed by atoms with Gasteiger partial charge >= 0.3 is 0 Å². The van der Waals surface area contributed by atoms with Gasteiger partial charge in [0, 0.05) is 28.7 Å². The number of nitrogens with one attached hydrogen (secondary N) is 1. The maximum Gasteiger partial charge on any atom is 0.255 e. The van der Waals surface area contributed by atoms with Crippen molar-refractivity contribution in [2.75, 3.05) is 14.1 Å². The number of rotatable bonds is 4. The molecule has 2 amide bonds. The molecule has 220 valence electrons. The highest BCUT2D eigenvalue weighted by atomic mass is 16.4. The number of likely N-dealkylation sites (N-methyl/N-ethyl adjacent to an activating group) is 1. The Labute approximate surface area is 236 Å². The molecule has 0 aromatic heterocycles. The first-order chi connectivity index (χ1) is 18.9. The van der Waals surface area contributed by atoms with Crippen LogP contribution in [-0.4, -0.2) is 91.2 Å². The van der Waals surface area contributed by atoms with E-state index in [2.05, 4.69) is 5.32 Å². The summed E-state index contributed by atoms with van der Waals surface area (Å²) in [5.41, 5.74) is 0.591. The Morgan fingerprint density at radius 2 is 1.73 bits per heavy atom. The van der Waals surface area contributed by atoms with Gasteiger partial charge in [0.25, 0.3) is 5.91 Å². The van der Waals surface area contributed by atoms with Gasteiger partial charge in [0.1, 0.15) is 22.8 Å². The van der Waals surface area contributed by atoms with Crippen LogP contribution in [0.15, 0.2) is 40.9 Å². The number of Topliss-reactive ketones (excluding diaryl/α,β-unsaturated/α-hetero) is 2. The number of aliphatic hydroxyl groups is 4. The maximum atomic E-state index is 13.9. The van der Waals surface area contributed by atoms with Crippen LogP contribution in [0.25, 0.3) is 6.08 Å². The minimum Gasteiger partial charge on any atom is -0.510 e. The molecule has 4 rings (SSSR count). The van der Waals surface area contributed by atoms with Crippen LogP contribution in [0.4, 0.5) is 0 Å². The maximum absolute atomic E-state index is 13.9. The summed E-state index contributed by atoms with van der Waals surface area (Å²) < 4.78 is 0. The second-order valence-corrected chi connectivity index (χ2v) is 12.1. The zero-order valence-corrected chi connectivity index (χ0v) is 23.6. The Kier molecular flexibility index (Phi) is 7.18. The third-order valence-corrected chi connectivity index (χ3v) is 8.07. The number of aliphatic hydroxyl groups excluding tert-OH is 3. The minimum atomic E-state index is -2.98. The quantitative estimate of drug-likeness (QED) is 0.198. The van der Waals surface area contributed by atoms with Crippen LogP contribution < -0.4 is 11.1 Å². The van der Waals surface area contributed by atoms with Gasteiger partial charge in [-0.25, -0.2) is 0 Å². The molecule has 0 aliphatic heterocycles. The fourth-order valence-corrected chi connectivity index (χ4v) is 6.35. The molecule has 12 nitrogen and oxygen atoms in total. The molecular formula is C29H35N3O9. The minimum absolute atomic E-state index is 0.116. The number of carbonyl (C=O) groups is 4. The van der Waals surface area contributed by atoms with Crippen LogP contribution in [0.3, 0.4) is 0 Å². The second kappa shape index (κ2) is 9.82. The van der Waals surface area contributed by atoms with Crippen molar-refractivity contribution in [2.24, 2.45) is 17.6 Å². The molecule has 1 aromatic rings. The van der Waals surface area contributed by atoms with Crippen LogP contribution >= 0.6 is 0 Å². The Balaban J connectivity index is 1.91. The van der Waals surface area contributed by atoms with Crippen LogP contribution in [0.2, 0.25) is 0 Å². The van der Waals surface area contributed by atoms with Gasteiger partial charge in [-0.05, 0) is 52.4 Å². The number of hydrogen-bond donors (Lipinski definition) is 7. The van der Waals surface area contributed by atoms with Crippen LogP contribution in [0.1, 0.15) is 55.1 Å². The standard InChI is InChI=1S/C29H35N3O9/c1-11-13-9-7-12(8-10-14(33)31-28(2,3)4)21(34)16(13)22(35)17-15(11)23(36)19-20(32(5)6)24(37)18(27(30)40)26(39)29(19,41)25(17)38/h7-11,15,19-20,23,34,36-38,41H,1-6H3,(H2,30,40)(H,31,33)/b10-8-/t11?,15-,19-,20+,23?,29+/m1/s1. The number of aromatic hydroxyl groups is 1. The molecule has 0 fully saturated rings. The predicted molar refractivity (Wildman–Crippen MR) is 147 cm³/mol. The number of amides is 2. The van der Waals surface area contributed by atoms with Crippen LogP contribution in [0.5, 0.6) is 5.75 Å². The molecule has 1 aromatic carbocycles. The van der Waals surface area contributed by atoms with Crippen molar-refractivity contribution >= 4 is 29.5 Å². The fraction of sp³-hybridized carbons (Fsp3) is 0.448. The summed E-state index contributed by atoms with van der Waals surface area (Å²) in [6.07, 6.45) is 0.828. The molecule has 0 radical (unpaired) electrons. The average Bonchev–Trinajstić information content (AvgIpc) is 2.84. The summed E-state index contributed by atoms with van der Waals surface area (Å²) in [7, 11) is 2.94. The third-order valence-electron chi connectivity index (χ3n) is 8.07. The largest absolute Gasteiger partial charge is 0.510 e. The summed E-state index contributed by atoms with van der Waals surface area (Å²) in [4.78, 5) is 53.1. The van der Waals surface area contributed by atoms with Crippen molar-refractivity contribution in [1.82, 2.24) is 10.2 Å². The smallest absolute Gasteiger partial charge is 0.255 e. The summed E-state index contributed by atoms with van der Waals surface area (Å²) in [5.74, 6) is -10.0. The number of benzene rings is 1. The number of nitrogens with zero attached hydrogens (tertiary/aromatic N) is 1. The molecule has 3 aliphatic rings. The molecule has 0 saturated heterocycles. The van der Waals surface area contributed by atoms with Gasteiger partial charge in [0.05, 0.1) is 23.6 Å². The molecule has 0 heterocycles. The monoisotopic (exact) mass is 569 g/mol. The van der Waals surface area contributed by atoms with Crippen molar-refractivity contribution in [2.45, 2.75) is 56.9 Å². The van der Waals surface area contributed by atoms with Crippen LogP contribution in [0, 0.1) is 11.8 Å². The number of phenols is 1. The highest BCUT2D eigenvalue weighted by Crippen LogP contribution is 2.55. The van der Waals surface area contributed by atoms with Gasteiger partial charge in [-0.1, -0.05) is 19.1 Å². The molecule has 0 bridgehead atoms. The van der Waals surface area contributed by atoms with Gasteiger partial charge in [-0.15, -0.1) is 0 Å². The first kappa shape index (κ1) is 30.0. The normalized spacial score (nSPS) is 29.9. The Bertz CT molecular complexity index is 1470. The first-order valence-corrected chi connectivity index (χ1v) is 13.0. The molecule has 12 heteroatoms. The first-order valence-electron chi connectivity index (χ1n) is 13.0. The lowest BCUT2D eigenvalue weighted by atomic mass is 9.55. The average molecular weight is 570 g/mol. The van der Waals surface area contributed by atoms with E-state index in [9.17, 15) is 44.7 Å². The molecule has 0 saturated carbocycles. The van der Waals surface area contributed by atoms with E-state index in [0.29, 0.717) is 5.56 Å². The van der Waals surface area contributed by atoms with Gasteiger partial charge in [-0.3, -0.25) is 24.1 Å². The van der Waals surface area contributed by atoms with Crippen molar-refractivity contribution < 1.29 is 44.7 Å². The Morgan fingerprint density at radius 3 is 2.27 bits per heavy atom. The molecular weight excluding hydrogens is 534 g/mol. The zero-order chi connectivity index (χ0) is 30.9. The van der Waals surface area contributed by atoms with E-state index in [4.69, 9.17) is 5.73 Å². The topological polar surface area (TPSA) is 211 Å². The van der Waals surface area contributed by atoms with Crippen molar-refractivity contribution in [3.05, 3.63) is 57.6 Å². The van der Waals surface area contributed by atoms with Crippen molar-refractivity contribution in [1.29, 1.82) is 0 Å². The van der Waals surface area contributed by atoms with Gasteiger partial charge < -0.3 is 36.6 Å². The molecule has 2 unspecified atom stereocenters. The highest BCUT2D eigenvalue weighted by Gasteiger charge is 2.67. The van der Waals surface area contributed by atoms with E-state index in [1.807, 2.05) is 0 Å². The number of nitrogens with two attached hydrogens (primary N) is 1. The summed E-state index contributed by atoms with van der Waals surface area (Å²) >= 11 is 0. The van der Waals surface area contributed by atoms with Crippen molar-refractivity contribution in [3.8, 4) is 5.75 Å². The number of hydrogen-bond acceptors (Lipinski definition) is 10. The van der Waals surface area contributed by atoms with E-state index < -0.39 is 92.8 Å². The van der Waals surface area contributed by atoms with E-state index in [1.54, 1.807) is 33.8 Å². The predicted octanol–water partition coefficient (Wildman–Crippen LogP) is 0.580. The van der Waals surface area contributed by atoms with E-state index in [0.717, 1.165) is 0 Å². The van der Waals surface area contributed by atoms with E-state index >= 15 is 0 Å². The van der Waals surface area contributed by atoms with Gasteiger partial charge in [-0.2, -0.15) is 0 Å². The molecule has 41 heavy (non-hydrogen) atoms. The lowest BCUT2D eigenvalue weighted by Crippen LogP contribution is -2.68. The van der Waals surface area contributed by atoms with Gasteiger partial charge in [0.15, 0.2) is 11.4 Å². The highest BCUT2D eigenvalue weighted by molar-refractivity contribution is 6.25. The molecule has 8 N–H and O–H groups in total. The summed E-state index contributed by atoms with van der Waals surface area (Å²) in [6.45, 7) is 7.03. The number of ketones is 2. The summed E-state index contributed by atoms with van der Waals surface area (Å²) in [5, 5.41) is 59.5. The fourth-order valence-electron chi connectivity index (χ4n) is 6.35. The lowest BCUT2D eigenvalue weighted by molar-refractivity contribution is -0.162. The van der Waals surface area contributed by atoms with E-state index in [-0.39, 0.29) is 11.1 Å². The summed E-state index contributed by atoms with van der Waals surface area (Å²) in [6, 6.07) is 1.72. The number of fused-ring (bicyclic) bond motifs is 3. The number of carbonyl (C=O) groups excluding carboxylic acids is 4. The molecule has 0 spiro atoms. The Morgan fingerprint density at radius 1 is 1.12 bits per heavy atom. The SMILES string of the molecule is CC1c2ccc(/C=C\C(=O)NC(C)(C)C)c(O)c2C(=O)C2=C(O)[C@]3(O)C(=O)C(C(N)=O)=C(O)[C@@H](N(C)C)[C@@H]3C(O)[C@@H]21. The van der Waals surface area contributed by atoms with Crippen LogP contribution in [-0.2, 0) is 14.4 Å². The molecule has 6 atom stereocenters. The van der Waals surface area contributed by atoms with Gasteiger partial charge in [0.2, 0.25) is 11.7 Å². The zero-order valence-electron chi connectivity index (χ0n) is 23.6. The number of primary amides is 1. The third kappa shape index (κ3) is 4.42. The Hall–Kier alpha value is -4.00. The van der Waals surface area contributed by atoms with Crippen molar-refractivity contribution in [3.63, 3.8) is 0 Å². The van der Waals surface area contributed by atoms with E-state index in [1.165, 1.54) is 37.2 Å². The molecule has 3 aliphatic carbocycles. The lowest BCUT2D eigenvalue weighted by Gasteiger charge is -2.53. The number of phenolic OH excluding ortho intramolecular Hbond substituents is 1.